The number of anilines is 1. The van der Waals surface area contributed by atoms with E-state index in [0.29, 0.717) is 6.54 Å². The van der Waals surface area contributed by atoms with Gasteiger partial charge in [0.2, 0.25) is 5.91 Å². The van der Waals surface area contributed by atoms with Crippen molar-refractivity contribution in [2.75, 3.05) is 18.4 Å². The monoisotopic (exact) mass is 327 g/mol. The largest absolute Gasteiger partial charge is 0.416 e. The van der Waals surface area contributed by atoms with Gasteiger partial charge in [0.1, 0.15) is 0 Å². The van der Waals surface area contributed by atoms with Crippen molar-refractivity contribution in [2.45, 2.75) is 12.6 Å². The quantitative estimate of drug-likeness (QED) is 0.926. The number of alkyl halides is 3. The molecule has 1 aromatic rings. The van der Waals surface area contributed by atoms with Crippen LogP contribution in [0.3, 0.4) is 0 Å². The molecular formula is C14H12F3N3OS. The van der Waals surface area contributed by atoms with Gasteiger partial charge >= 0.3 is 6.18 Å². The Labute approximate surface area is 129 Å². The van der Waals surface area contributed by atoms with E-state index in [2.05, 4.69) is 10.3 Å². The molecule has 0 unspecified atom stereocenters. The van der Waals surface area contributed by atoms with Crippen LogP contribution in [-0.2, 0) is 11.0 Å². The van der Waals surface area contributed by atoms with Gasteiger partial charge in [0, 0.05) is 17.9 Å². The van der Waals surface area contributed by atoms with Crippen LogP contribution in [0, 0.1) is 0 Å². The number of hydrogen-bond donors (Lipinski definition) is 1. The highest BCUT2D eigenvalue weighted by Crippen LogP contribution is 2.32. The minimum Gasteiger partial charge on any atom is -0.326 e. The van der Waals surface area contributed by atoms with Gasteiger partial charge in [-0.2, -0.15) is 13.2 Å². The van der Waals surface area contributed by atoms with E-state index in [0.717, 1.165) is 29.5 Å². The van der Waals surface area contributed by atoms with Crippen LogP contribution >= 0.6 is 11.8 Å². The van der Waals surface area contributed by atoms with Crippen molar-refractivity contribution in [3.8, 4) is 0 Å². The molecule has 0 aromatic heterocycles. The van der Waals surface area contributed by atoms with Gasteiger partial charge in [-0.1, -0.05) is 17.8 Å². The molecule has 22 heavy (non-hydrogen) atoms. The normalized spacial score (nSPS) is 17.1. The number of rotatable bonds is 3. The predicted octanol–water partition coefficient (Wildman–Crippen LogP) is 3.29. The van der Waals surface area contributed by atoms with E-state index in [1.54, 1.807) is 0 Å². The molecule has 1 amide bonds. The summed E-state index contributed by atoms with van der Waals surface area (Å²) >= 11 is 1.46. The van der Waals surface area contributed by atoms with Gasteiger partial charge in [-0.25, -0.2) is 0 Å². The molecule has 4 nitrogen and oxygen atoms in total. The van der Waals surface area contributed by atoms with Gasteiger partial charge in [-0.05, 0) is 23.6 Å². The topological polar surface area (TPSA) is 44.7 Å². The Bertz CT molecular complexity index is 670. The van der Waals surface area contributed by atoms with E-state index in [9.17, 15) is 18.0 Å². The van der Waals surface area contributed by atoms with Crippen molar-refractivity contribution < 1.29 is 18.0 Å². The van der Waals surface area contributed by atoms with Crippen LogP contribution in [0.25, 0.3) is 0 Å². The number of thioether (sulfide) groups is 1. The lowest BCUT2D eigenvalue weighted by Crippen LogP contribution is -2.24. The zero-order valence-electron chi connectivity index (χ0n) is 11.4. The van der Waals surface area contributed by atoms with Crippen molar-refractivity contribution in [3.05, 3.63) is 40.9 Å². The number of amidine groups is 1. The first-order valence-corrected chi connectivity index (χ1v) is 7.46. The maximum atomic E-state index is 12.6. The molecule has 0 saturated carbocycles. The average Bonchev–Trinajstić information content (AvgIpc) is 3.03. The summed E-state index contributed by atoms with van der Waals surface area (Å²) in [6.45, 7) is 1.44. The van der Waals surface area contributed by atoms with E-state index < -0.39 is 11.7 Å². The highest BCUT2D eigenvalue weighted by atomic mass is 32.2. The Kier molecular flexibility index (Phi) is 3.86. The Morgan fingerprint density at radius 1 is 1.41 bits per heavy atom. The molecule has 0 radical (unpaired) electrons. The first-order valence-electron chi connectivity index (χ1n) is 6.58. The molecule has 8 heteroatoms. The summed E-state index contributed by atoms with van der Waals surface area (Å²) < 4.78 is 37.9. The number of benzene rings is 1. The summed E-state index contributed by atoms with van der Waals surface area (Å²) in [5.41, 5.74) is 0.182. The fraction of sp³-hybridized carbons (Fsp3) is 0.286. The third-order valence-electron chi connectivity index (χ3n) is 3.26. The maximum absolute atomic E-state index is 12.6. The molecule has 0 fully saturated rings. The standard InChI is InChI=1S/C14H12F3N3OS/c15-14(16,17)9-2-1-3-10(6-9)19-12(21)7-11-8-22-13-18-4-5-20(11)13/h1-3,6,8H,4-5,7H2,(H,19,21). The van der Waals surface area contributed by atoms with E-state index >= 15 is 0 Å². The predicted molar refractivity (Wildman–Crippen MR) is 79.4 cm³/mol. The number of aliphatic imine (C=N–C) groups is 1. The number of carbonyl (C=O) groups excluding carboxylic acids is 1. The van der Waals surface area contributed by atoms with E-state index in [1.165, 1.54) is 23.9 Å². The fourth-order valence-electron chi connectivity index (χ4n) is 2.26. The average molecular weight is 327 g/mol. The molecule has 2 aliphatic heterocycles. The van der Waals surface area contributed by atoms with Crippen LogP contribution in [0.1, 0.15) is 12.0 Å². The molecule has 0 atom stereocenters. The fourth-order valence-corrected chi connectivity index (χ4v) is 3.21. The Morgan fingerprint density at radius 3 is 3.00 bits per heavy atom. The van der Waals surface area contributed by atoms with E-state index in [1.807, 2.05) is 10.3 Å². The van der Waals surface area contributed by atoms with Gasteiger partial charge in [-0.3, -0.25) is 9.79 Å². The van der Waals surface area contributed by atoms with Gasteiger partial charge in [0.05, 0.1) is 18.5 Å². The van der Waals surface area contributed by atoms with E-state index in [-0.39, 0.29) is 18.0 Å². The summed E-state index contributed by atoms with van der Waals surface area (Å²) in [6, 6.07) is 4.61. The van der Waals surface area contributed by atoms with Gasteiger partial charge in [-0.15, -0.1) is 0 Å². The van der Waals surface area contributed by atoms with Crippen molar-refractivity contribution >= 4 is 28.5 Å². The highest BCUT2D eigenvalue weighted by molar-refractivity contribution is 8.16. The smallest absolute Gasteiger partial charge is 0.326 e. The van der Waals surface area contributed by atoms with Crippen LogP contribution in [0.15, 0.2) is 40.4 Å². The summed E-state index contributed by atoms with van der Waals surface area (Å²) in [5, 5.41) is 5.23. The summed E-state index contributed by atoms with van der Waals surface area (Å²) in [5.74, 6) is -0.348. The summed E-state index contributed by atoms with van der Waals surface area (Å²) in [6.07, 6.45) is -4.31. The Morgan fingerprint density at radius 2 is 2.23 bits per heavy atom. The Balaban J connectivity index is 1.64. The third kappa shape index (κ3) is 3.11. The zero-order chi connectivity index (χ0) is 15.7. The number of nitrogens with zero attached hydrogens (tertiary/aromatic N) is 2. The summed E-state index contributed by atoms with van der Waals surface area (Å²) in [7, 11) is 0. The van der Waals surface area contributed by atoms with Crippen LogP contribution < -0.4 is 5.32 Å². The minimum atomic E-state index is -4.42. The maximum Gasteiger partial charge on any atom is 0.416 e. The number of nitrogens with one attached hydrogen (secondary N) is 1. The number of amides is 1. The molecule has 0 saturated heterocycles. The number of carbonyl (C=O) groups is 1. The molecule has 1 aromatic carbocycles. The van der Waals surface area contributed by atoms with Crippen LogP contribution in [0.5, 0.6) is 0 Å². The lowest BCUT2D eigenvalue weighted by atomic mass is 10.2. The molecule has 116 valence electrons. The van der Waals surface area contributed by atoms with Crippen LogP contribution in [0.2, 0.25) is 0 Å². The van der Waals surface area contributed by atoms with Crippen molar-refractivity contribution in [3.63, 3.8) is 0 Å². The second-order valence-electron chi connectivity index (χ2n) is 4.85. The number of hydrogen-bond acceptors (Lipinski definition) is 4. The second kappa shape index (κ2) is 5.68. The number of fused-ring (bicyclic) bond motifs is 1. The lowest BCUT2D eigenvalue weighted by Gasteiger charge is -2.16. The SMILES string of the molecule is O=C(CC1=CSC2=NCCN12)Nc1cccc(C(F)(F)F)c1. The van der Waals surface area contributed by atoms with Crippen molar-refractivity contribution in [1.29, 1.82) is 0 Å². The minimum absolute atomic E-state index is 0.113. The van der Waals surface area contributed by atoms with Crippen LogP contribution in [-0.4, -0.2) is 29.1 Å². The summed E-state index contributed by atoms with van der Waals surface area (Å²) in [4.78, 5) is 18.2. The molecule has 0 aliphatic carbocycles. The molecular weight excluding hydrogens is 315 g/mol. The van der Waals surface area contributed by atoms with Gasteiger partial charge < -0.3 is 10.2 Å². The van der Waals surface area contributed by atoms with Crippen LogP contribution in [0.4, 0.5) is 18.9 Å². The lowest BCUT2D eigenvalue weighted by molar-refractivity contribution is -0.137. The molecule has 2 aliphatic rings. The number of halogens is 3. The Hall–Kier alpha value is -1.96. The molecule has 0 bridgehead atoms. The first kappa shape index (κ1) is 15.0. The zero-order valence-corrected chi connectivity index (χ0v) is 12.2. The second-order valence-corrected chi connectivity index (χ2v) is 5.68. The third-order valence-corrected chi connectivity index (χ3v) is 4.21. The molecule has 2 heterocycles. The first-order chi connectivity index (χ1) is 10.4. The van der Waals surface area contributed by atoms with E-state index in [4.69, 9.17) is 0 Å². The van der Waals surface area contributed by atoms with Gasteiger partial charge in [0.15, 0.2) is 5.17 Å². The van der Waals surface area contributed by atoms with Gasteiger partial charge in [0.25, 0.3) is 0 Å². The van der Waals surface area contributed by atoms with Crippen molar-refractivity contribution in [2.24, 2.45) is 4.99 Å². The molecule has 3 rings (SSSR count). The molecule has 0 spiro atoms. The molecule has 1 N–H and O–H groups in total. The highest BCUT2D eigenvalue weighted by Gasteiger charge is 2.31. The van der Waals surface area contributed by atoms with Crippen molar-refractivity contribution in [1.82, 2.24) is 4.90 Å².